The number of carbonyl (C=O) groups excluding carboxylic acids is 1. The molecule has 4 fully saturated rings. The van der Waals surface area contributed by atoms with Gasteiger partial charge in [0.2, 0.25) is 11.1 Å². The predicted octanol–water partition coefficient (Wildman–Crippen LogP) is 2.65. The van der Waals surface area contributed by atoms with Crippen LogP contribution in [0.25, 0.3) is 0 Å². The molecule has 114 valence electrons. The number of nitrogens with one attached hydrogen (secondary N) is 1. The molecule has 1 heterocycles. The molecule has 4 saturated carbocycles. The highest BCUT2D eigenvalue weighted by Gasteiger charge is 2.55. The van der Waals surface area contributed by atoms with E-state index in [1.807, 2.05) is 6.92 Å². The Kier molecular flexibility index (Phi) is 3.07. The van der Waals surface area contributed by atoms with Crippen LogP contribution in [-0.4, -0.2) is 26.2 Å². The van der Waals surface area contributed by atoms with Crippen molar-refractivity contribution in [3.05, 3.63) is 0 Å². The quantitative estimate of drug-likeness (QED) is 0.835. The Morgan fingerprint density at radius 3 is 2.33 bits per heavy atom. The van der Waals surface area contributed by atoms with E-state index < -0.39 is 0 Å². The topological polar surface area (TPSA) is 84.7 Å². The summed E-state index contributed by atoms with van der Waals surface area (Å²) >= 11 is 1.44. The van der Waals surface area contributed by atoms with Gasteiger partial charge in [-0.05, 0) is 63.2 Å². The van der Waals surface area contributed by atoms with E-state index in [2.05, 4.69) is 15.2 Å². The Morgan fingerprint density at radius 2 is 1.86 bits per heavy atom. The average Bonchev–Trinajstić information content (AvgIpc) is 2.81. The summed E-state index contributed by atoms with van der Waals surface area (Å²) < 4.78 is 0. The molecule has 0 unspecified atom stereocenters. The molecule has 0 aliphatic heterocycles. The van der Waals surface area contributed by atoms with Gasteiger partial charge in [0.05, 0.1) is 5.25 Å². The summed E-state index contributed by atoms with van der Waals surface area (Å²) in [5.41, 5.74) is 5.51. The number of nitrogens with zero attached hydrogens (tertiary/aromatic N) is 2. The van der Waals surface area contributed by atoms with Crippen LogP contribution in [0.1, 0.15) is 45.4 Å². The van der Waals surface area contributed by atoms with Crippen LogP contribution >= 0.6 is 11.8 Å². The van der Waals surface area contributed by atoms with Gasteiger partial charge in [0.1, 0.15) is 0 Å². The number of ketones is 1. The first-order valence-corrected chi connectivity index (χ1v) is 8.81. The van der Waals surface area contributed by atoms with Crippen molar-refractivity contribution in [2.24, 2.45) is 23.2 Å². The van der Waals surface area contributed by atoms with Gasteiger partial charge in [0.25, 0.3) is 0 Å². The maximum Gasteiger partial charge on any atom is 0.216 e. The van der Waals surface area contributed by atoms with Gasteiger partial charge in [-0.2, -0.15) is 4.98 Å². The fourth-order valence-corrected chi connectivity index (χ4v) is 6.29. The lowest BCUT2D eigenvalue weighted by Gasteiger charge is -2.56. The van der Waals surface area contributed by atoms with Crippen LogP contribution < -0.4 is 5.73 Å². The molecule has 0 saturated heterocycles. The third kappa shape index (κ3) is 2.28. The van der Waals surface area contributed by atoms with Crippen molar-refractivity contribution in [1.29, 1.82) is 0 Å². The Morgan fingerprint density at radius 1 is 1.29 bits per heavy atom. The predicted molar refractivity (Wildman–Crippen MR) is 81.7 cm³/mol. The van der Waals surface area contributed by atoms with E-state index in [0.717, 1.165) is 37.0 Å². The number of aromatic amines is 1. The molecule has 4 bridgehead atoms. The van der Waals surface area contributed by atoms with Crippen LogP contribution in [-0.2, 0) is 4.79 Å². The first-order valence-electron chi connectivity index (χ1n) is 7.93. The number of aromatic nitrogens is 3. The number of nitrogen functional groups attached to an aromatic ring is 1. The lowest BCUT2D eigenvalue weighted by atomic mass is 9.48. The van der Waals surface area contributed by atoms with Crippen LogP contribution in [0, 0.1) is 23.2 Å². The zero-order valence-corrected chi connectivity index (χ0v) is 13.2. The minimum atomic E-state index is -0.0866. The number of thioether (sulfide) groups is 1. The van der Waals surface area contributed by atoms with Crippen LogP contribution in [0.3, 0.4) is 0 Å². The second kappa shape index (κ2) is 4.73. The Bertz CT molecular complexity index is 534. The van der Waals surface area contributed by atoms with Gasteiger partial charge in [-0.25, -0.2) is 5.10 Å². The Labute approximate surface area is 128 Å². The number of hydrogen-bond donors (Lipinski definition) is 2. The van der Waals surface area contributed by atoms with Crippen LogP contribution in [0.2, 0.25) is 0 Å². The summed E-state index contributed by atoms with van der Waals surface area (Å²) in [4.78, 5) is 17.2. The number of nitrogens with two attached hydrogens (primary N) is 1. The maximum atomic E-state index is 13.1. The summed E-state index contributed by atoms with van der Waals surface area (Å²) in [5.74, 6) is 3.14. The fourth-order valence-electron chi connectivity index (χ4n) is 5.37. The lowest BCUT2D eigenvalue weighted by Crippen LogP contribution is -2.51. The van der Waals surface area contributed by atoms with E-state index in [9.17, 15) is 4.79 Å². The van der Waals surface area contributed by atoms with Crippen molar-refractivity contribution in [3.63, 3.8) is 0 Å². The van der Waals surface area contributed by atoms with Gasteiger partial charge in [-0.15, -0.1) is 5.10 Å². The normalized spacial score (nSPS) is 38.6. The Hall–Kier alpha value is -1.04. The third-order valence-electron chi connectivity index (χ3n) is 5.69. The summed E-state index contributed by atoms with van der Waals surface area (Å²) in [6, 6.07) is 0. The third-order valence-corrected chi connectivity index (χ3v) is 6.66. The van der Waals surface area contributed by atoms with Gasteiger partial charge in [-0.1, -0.05) is 11.8 Å². The molecule has 0 radical (unpaired) electrons. The highest BCUT2D eigenvalue weighted by Crippen LogP contribution is 2.61. The average molecular weight is 306 g/mol. The lowest BCUT2D eigenvalue weighted by molar-refractivity contribution is -0.142. The highest BCUT2D eigenvalue weighted by molar-refractivity contribution is 8.00. The molecule has 5 rings (SSSR count). The van der Waals surface area contributed by atoms with Crippen molar-refractivity contribution < 1.29 is 4.79 Å². The molecule has 0 amide bonds. The molecule has 6 heteroatoms. The molecule has 3 N–H and O–H groups in total. The highest BCUT2D eigenvalue weighted by atomic mass is 32.2. The van der Waals surface area contributed by atoms with E-state index in [4.69, 9.17) is 5.73 Å². The first-order chi connectivity index (χ1) is 10.0. The van der Waals surface area contributed by atoms with E-state index >= 15 is 0 Å². The van der Waals surface area contributed by atoms with Crippen molar-refractivity contribution in [1.82, 2.24) is 15.2 Å². The molecule has 0 spiro atoms. The fraction of sp³-hybridized carbons (Fsp3) is 0.800. The smallest absolute Gasteiger partial charge is 0.216 e. The van der Waals surface area contributed by atoms with E-state index in [1.165, 1.54) is 31.0 Å². The molecular weight excluding hydrogens is 284 g/mol. The molecule has 1 aromatic rings. The SMILES string of the molecule is C[C@H](Sc1n[nH]c(N)n1)C(=O)C12CC3CC(CC(C3)C1)C2. The number of Topliss-reactive ketones (excluding diaryl/α,β-unsaturated/α-hetero) is 1. The van der Waals surface area contributed by atoms with Crippen molar-refractivity contribution in [2.75, 3.05) is 5.73 Å². The molecule has 4 aliphatic carbocycles. The molecule has 0 aromatic carbocycles. The first kappa shape index (κ1) is 13.6. The molecule has 4 aliphatic rings. The molecule has 1 aromatic heterocycles. The molecular formula is C15H22N4OS. The second-order valence-corrected chi connectivity index (χ2v) is 8.63. The zero-order chi connectivity index (χ0) is 14.6. The van der Waals surface area contributed by atoms with E-state index in [1.54, 1.807) is 0 Å². The zero-order valence-electron chi connectivity index (χ0n) is 12.3. The Balaban J connectivity index is 1.51. The van der Waals surface area contributed by atoms with Crippen molar-refractivity contribution in [2.45, 2.75) is 55.9 Å². The number of hydrogen-bond acceptors (Lipinski definition) is 5. The monoisotopic (exact) mass is 306 g/mol. The number of rotatable bonds is 4. The number of carbonyl (C=O) groups is 1. The van der Waals surface area contributed by atoms with Crippen molar-refractivity contribution in [3.8, 4) is 0 Å². The van der Waals surface area contributed by atoms with Gasteiger partial charge >= 0.3 is 0 Å². The number of anilines is 1. The van der Waals surface area contributed by atoms with Crippen LogP contribution in [0.15, 0.2) is 5.16 Å². The number of H-pyrrole nitrogens is 1. The minimum Gasteiger partial charge on any atom is -0.368 e. The van der Waals surface area contributed by atoms with Crippen molar-refractivity contribution >= 4 is 23.5 Å². The summed E-state index contributed by atoms with van der Waals surface area (Å²) in [6.45, 7) is 2.00. The van der Waals surface area contributed by atoms with E-state index in [-0.39, 0.29) is 10.7 Å². The van der Waals surface area contributed by atoms with Crippen LogP contribution in [0.4, 0.5) is 5.95 Å². The van der Waals surface area contributed by atoms with Gasteiger partial charge in [-0.3, -0.25) is 4.79 Å². The largest absolute Gasteiger partial charge is 0.368 e. The van der Waals surface area contributed by atoms with Gasteiger partial charge in [0.15, 0.2) is 5.78 Å². The molecule has 1 atom stereocenters. The van der Waals surface area contributed by atoms with Gasteiger partial charge < -0.3 is 5.73 Å². The molecule has 5 nitrogen and oxygen atoms in total. The van der Waals surface area contributed by atoms with Gasteiger partial charge in [0, 0.05) is 5.41 Å². The second-order valence-electron chi connectivity index (χ2n) is 7.33. The summed E-state index contributed by atoms with van der Waals surface area (Å²) in [6.07, 6.45) is 7.47. The molecule has 21 heavy (non-hydrogen) atoms. The minimum absolute atomic E-state index is 0.0387. The summed E-state index contributed by atoms with van der Waals surface area (Å²) in [5, 5.41) is 7.16. The maximum absolute atomic E-state index is 13.1. The van der Waals surface area contributed by atoms with E-state index in [0.29, 0.717) is 16.9 Å². The van der Waals surface area contributed by atoms with Crippen LogP contribution in [0.5, 0.6) is 0 Å². The summed E-state index contributed by atoms with van der Waals surface area (Å²) in [7, 11) is 0. The standard InChI is InChI=1S/C15H22N4OS/c1-8(21-14-17-13(16)18-19-14)12(20)15-5-9-2-10(6-15)4-11(3-9)7-15/h8-11H,2-7H2,1H3,(H3,16,17,18,19)/t8-,9?,10?,11?,15?/m0/s1.